The molecule has 32 heavy (non-hydrogen) atoms. The molecule has 0 aliphatic carbocycles. The van der Waals surface area contributed by atoms with Crippen molar-refractivity contribution in [2.45, 2.75) is 20.3 Å². The lowest BCUT2D eigenvalue weighted by Crippen LogP contribution is -2.18. The Morgan fingerprint density at radius 2 is 1.91 bits per heavy atom. The van der Waals surface area contributed by atoms with Gasteiger partial charge >= 0.3 is 0 Å². The summed E-state index contributed by atoms with van der Waals surface area (Å²) in [4.78, 5) is 33.6. The molecule has 0 atom stereocenters. The SMILES string of the molecule is CCc1cc(Nc2nc(Nc3cc(C)ccn3)cc3ccn(C)c(=O)c23)ccc1C(N)=O. The Bertz CT molecular complexity index is 1390. The maximum Gasteiger partial charge on any atom is 0.261 e. The van der Waals surface area contributed by atoms with Crippen LogP contribution in [0.5, 0.6) is 0 Å². The Morgan fingerprint density at radius 3 is 2.62 bits per heavy atom. The first-order valence-corrected chi connectivity index (χ1v) is 10.3. The topological polar surface area (TPSA) is 115 Å². The van der Waals surface area contributed by atoms with Gasteiger partial charge in [-0.15, -0.1) is 0 Å². The van der Waals surface area contributed by atoms with Crippen LogP contribution in [-0.4, -0.2) is 20.4 Å². The number of hydrogen-bond acceptors (Lipinski definition) is 6. The van der Waals surface area contributed by atoms with Crippen molar-refractivity contribution in [3.8, 4) is 0 Å². The van der Waals surface area contributed by atoms with Gasteiger partial charge < -0.3 is 20.9 Å². The number of nitrogens with two attached hydrogens (primary N) is 1. The van der Waals surface area contributed by atoms with Crippen molar-refractivity contribution >= 4 is 39.8 Å². The van der Waals surface area contributed by atoms with E-state index in [0.717, 1.165) is 16.5 Å². The third-order valence-corrected chi connectivity index (χ3v) is 5.25. The zero-order valence-corrected chi connectivity index (χ0v) is 18.1. The Kier molecular flexibility index (Phi) is 5.59. The van der Waals surface area contributed by atoms with Gasteiger partial charge in [0.2, 0.25) is 5.91 Å². The molecule has 0 saturated heterocycles. The van der Waals surface area contributed by atoms with E-state index in [1.165, 1.54) is 4.57 Å². The molecule has 3 aromatic heterocycles. The number of nitrogens with one attached hydrogen (secondary N) is 2. The highest BCUT2D eigenvalue weighted by molar-refractivity contribution is 5.96. The number of carbonyl (C=O) groups excluding carboxylic acids is 1. The number of benzene rings is 1. The van der Waals surface area contributed by atoms with E-state index in [-0.39, 0.29) is 5.56 Å². The quantitative estimate of drug-likeness (QED) is 0.430. The highest BCUT2D eigenvalue weighted by atomic mass is 16.1. The van der Waals surface area contributed by atoms with Crippen molar-refractivity contribution in [3.05, 3.63) is 81.9 Å². The summed E-state index contributed by atoms with van der Waals surface area (Å²) in [5.41, 5.74) is 8.38. The summed E-state index contributed by atoms with van der Waals surface area (Å²) in [5, 5.41) is 7.68. The zero-order valence-electron chi connectivity index (χ0n) is 18.1. The number of pyridine rings is 3. The number of hydrogen-bond donors (Lipinski definition) is 3. The first-order valence-electron chi connectivity index (χ1n) is 10.3. The average Bonchev–Trinajstić information content (AvgIpc) is 2.76. The van der Waals surface area contributed by atoms with Gasteiger partial charge in [0, 0.05) is 30.7 Å². The summed E-state index contributed by atoms with van der Waals surface area (Å²) in [6.45, 7) is 3.94. The first kappa shape index (κ1) is 21.0. The molecule has 162 valence electrons. The number of fused-ring (bicyclic) bond motifs is 1. The Hall–Kier alpha value is -4.20. The number of aromatic nitrogens is 3. The molecule has 0 saturated carbocycles. The first-order chi connectivity index (χ1) is 15.4. The summed E-state index contributed by atoms with van der Waals surface area (Å²) in [6.07, 6.45) is 4.09. The van der Waals surface area contributed by atoms with Crippen LogP contribution in [0.3, 0.4) is 0 Å². The molecular weight excluding hydrogens is 404 g/mol. The summed E-state index contributed by atoms with van der Waals surface area (Å²) >= 11 is 0. The normalized spacial score (nSPS) is 10.8. The van der Waals surface area contributed by atoms with Crippen molar-refractivity contribution in [2.75, 3.05) is 10.6 Å². The fourth-order valence-electron chi connectivity index (χ4n) is 3.59. The lowest BCUT2D eigenvalue weighted by molar-refractivity contribution is 0.0999. The molecule has 3 heterocycles. The van der Waals surface area contributed by atoms with Gasteiger partial charge in [-0.2, -0.15) is 0 Å². The van der Waals surface area contributed by atoms with Gasteiger partial charge in [-0.05, 0) is 72.3 Å². The minimum absolute atomic E-state index is 0.165. The van der Waals surface area contributed by atoms with Crippen LogP contribution in [0.4, 0.5) is 23.1 Å². The van der Waals surface area contributed by atoms with Crippen LogP contribution < -0.4 is 21.9 Å². The molecule has 4 aromatic rings. The molecule has 8 nitrogen and oxygen atoms in total. The third kappa shape index (κ3) is 4.15. The minimum Gasteiger partial charge on any atom is -0.366 e. The summed E-state index contributed by atoms with van der Waals surface area (Å²) in [6, 6.07) is 12.8. The highest BCUT2D eigenvalue weighted by Crippen LogP contribution is 2.27. The van der Waals surface area contributed by atoms with Crippen molar-refractivity contribution in [1.29, 1.82) is 0 Å². The second-order valence-electron chi connectivity index (χ2n) is 7.61. The molecule has 0 aliphatic heterocycles. The molecule has 0 unspecified atom stereocenters. The van der Waals surface area contributed by atoms with Gasteiger partial charge in [0.15, 0.2) is 0 Å². The van der Waals surface area contributed by atoms with E-state index in [1.54, 1.807) is 31.6 Å². The van der Waals surface area contributed by atoms with Crippen LogP contribution in [0.25, 0.3) is 10.8 Å². The Labute approximate surface area is 185 Å². The van der Waals surface area contributed by atoms with Gasteiger partial charge in [-0.3, -0.25) is 9.59 Å². The second kappa shape index (κ2) is 8.50. The second-order valence-corrected chi connectivity index (χ2v) is 7.61. The van der Waals surface area contributed by atoms with Gasteiger partial charge in [0.05, 0.1) is 5.39 Å². The van der Waals surface area contributed by atoms with E-state index in [4.69, 9.17) is 5.73 Å². The fraction of sp³-hybridized carbons (Fsp3) is 0.167. The van der Waals surface area contributed by atoms with Crippen molar-refractivity contribution in [1.82, 2.24) is 14.5 Å². The van der Waals surface area contributed by atoms with Gasteiger partial charge in [0.25, 0.3) is 5.56 Å². The molecule has 0 aliphatic rings. The summed E-state index contributed by atoms with van der Waals surface area (Å²) < 4.78 is 1.51. The number of rotatable bonds is 6. The van der Waals surface area contributed by atoms with Crippen LogP contribution in [0.1, 0.15) is 28.4 Å². The van der Waals surface area contributed by atoms with Crippen LogP contribution in [0, 0.1) is 6.92 Å². The number of anilines is 4. The van der Waals surface area contributed by atoms with Crippen molar-refractivity contribution in [2.24, 2.45) is 12.8 Å². The van der Waals surface area contributed by atoms with Gasteiger partial charge in [0.1, 0.15) is 17.5 Å². The summed E-state index contributed by atoms with van der Waals surface area (Å²) in [7, 11) is 1.70. The van der Waals surface area contributed by atoms with Crippen molar-refractivity contribution < 1.29 is 4.79 Å². The lowest BCUT2D eigenvalue weighted by Gasteiger charge is -2.14. The molecule has 4 rings (SSSR count). The number of aryl methyl sites for hydroxylation is 3. The maximum absolute atomic E-state index is 12.9. The molecule has 0 spiro atoms. The number of amides is 1. The van der Waals surface area contributed by atoms with Crippen LogP contribution in [0.15, 0.2) is 59.7 Å². The Balaban J connectivity index is 1.82. The van der Waals surface area contributed by atoms with E-state index in [2.05, 4.69) is 20.6 Å². The molecule has 8 heteroatoms. The van der Waals surface area contributed by atoms with E-state index in [9.17, 15) is 9.59 Å². The molecule has 1 amide bonds. The van der Waals surface area contributed by atoms with E-state index in [0.29, 0.717) is 40.5 Å². The third-order valence-electron chi connectivity index (χ3n) is 5.25. The van der Waals surface area contributed by atoms with E-state index < -0.39 is 5.91 Å². The van der Waals surface area contributed by atoms with E-state index in [1.807, 2.05) is 44.2 Å². The van der Waals surface area contributed by atoms with Crippen LogP contribution in [0.2, 0.25) is 0 Å². The number of primary amides is 1. The predicted molar refractivity (Wildman–Crippen MR) is 127 cm³/mol. The van der Waals surface area contributed by atoms with Gasteiger partial charge in [-0.1, -0.05) is 6.92 Å². The van der Waals surface area contributed by atoms with Gasteiger partial charge in [-0.25, -0.2) is 9.97 Å². The largest absolute Gasteiger partial charge is 0.366 e. The highest BCUT2D eigenvalue weighted by Gasteiger charge is 2.14. The van der Waals surface area contributed by atoms with E-state index >= 15 is 0 Å². The average molecular weight is 428 g/mol. The number of nitrogens with zero attached hydrogens (tertiary/aromatic N) is 3. The van der Waals surface area contributed by atoms with Crippen LogP contribution >= 0.6 is 0 Å². The zero-order chi connectivity index (χ0) is 22.8. The molecule has 0 fully saturated rings. The smallest absolute Gasteiger partial charge is 0.261 e. The molecule has 0 bridgehead atoms. The van der Waals surface area contributed by atoms with Crippen molar-refractivity contribution in [3.63, 3.8) is 0 Å². The summed E-state index contributed by atoms with van der Waals surface area (Å²) in [5.74, 6) is 1.15. The Morgan fingerprint density at radius 1 is 1.09 bits per heavy atom. The fourth-order valence-corrected chi connectivity index (χ4v) is 3.59. The molecule has 4 N–H and O–H groups in total. The molecular formula is C24H24N6O2. The lowest BCUT2D eigenvalue weighted by atomic mass is 10.0. The molecule has 1 aromatic carbocycles. The predicted octanol–water partition coefficient (Wildman–Crippen LogP) is 3.79. The van der Waals surface area contributed by atoms with Crippen LogP contribution in [-0.2, 0) is 13.5 Å². The minimum atomic E-state index is -0.470. The number of carbonyl (C=O) groups is 1. The standard InChI is InChI=1S/C24H24N6O2/c1-4-15-12-17(5-6-18(15)22(25)31)27-23-21-16(8-10-30(3)24(21)32)13-20(29-23)28-19-11-14(2)7-9-26-19/h5-13H,4H2,1-3H3,(H2,25,31)(H2,26,27,28,29). The monoisotopic (exact) mass is 428 g/mol. The maximum atomic E-state index is 12.9. The molecule has 0 radical (unpaired) electrons.